The number of nitrogens with zero attached hydrogens (tertiary/aromatic N) is 3. The third-order valence-corrected chi connectivity index (χ3v) is 3.87. The lowest BCUT2D eigenvalue weighted by Gasteiger charge is -2.33. The molecular formula is C16H22Cl2N4O2. The number of nitrogen functional groups attached to an aromatic ring is 1. The Kier molecular flexibility index (Phi) is 7.54. The van der Waals surface area contributed by atoms with Crippen molar-refractivity contribution in [3.05, 3.63) is 47.8 Å². The van der Waals surface area contributed by atoms with Crippen molar-refractivity contribution in [3.63, 3.8) is 0 Å². The standard InChI is InChI=1S/C16H20N4O2.2ClH/c1-12-3-4-13(17)9-15(12)16(21)19-7-8-22-14(10-19)11-20-6-2-5-18-20;;/h2-6,9,14H,7-8,10-11,17H2,1H3;2*1H. The van der Waals surface area contributed by atoms with Crippen LogP contribution in [0.5, 0.6) is 0 Å². The summed E-state index contributed by atoms with van der Waals surface area (Å²) in [5.74, 6) is 0.0126. The van der Waals surface area contributed by atoms with Gasteiger partial charge in [-0.1, -0.05) is 6.07 Å². The molecule has 0 spiro atoms. The van der Waals surface area contributed by atoms with Crippen LogP contribution in [0, 0.1) is 6.92 Å². The van der Waals surface area contributed by atoms with E-state index in [2.05, 4.69) is 5.10 Å². The van der Waals surface area contributed by atoms with E-state index in [0.717, 1.165) is 5.56 Å². The van der Waals surface area contributed by atoms with Gasteiger partial charge in [0.2, 0.25) is 0 Å². The molecule has 1 amide bonds. The first-order valence-corrected chi connectivity index (χ1v) is 7.38. The van der Waals surface area contributed by atoms with Crippen LogP contribution in [0.1, 0.15) is 15.9 Å². The van der Waals surface area contributed by atoms with Gasteiger partial charge in [0.1, 0.15) is 0 Å². The minimum Gasteiger partial charge on any atom is -0.399 e. The second-order valence-corrected chi connectivity index (χ2v) is 5.55. The Morgan fingerprint density at radius 3 is 2.92 bits per heavy atom. The smallest absolute Gasteiger partial charge is 0.254 e. The van der Waals surface area contributed by atoms with Crippen LogP contribution in [0.2, 0.25) is 0 Å². The van der Waals surface area contributed by atoms with Gasteiger partial charge >= 0.3 is 0 Å². The van der Waals surface area contributed by atoms with Gasteiger partial charge in [-0.05, 0) is 30.7 Å². The molecular weight excluding hydrogens is 351 g/mol. The number of anilines is 1. The van der Waals surface area contributed by atoms with Gasteiger partial charge in [0.15, 0.2) is 0 Å². The third kappa shape index (κ3) is 4.63. The Labute approximate surface area is 153 Å². The molecule has 1 fully saturated rings. The zero-order chi connectivity index (χ0) is 15.5. The van der Waals surface area contributed by atoms with E-state index in [1.165, 1.54) is 0 Å². The molecule has 1 aliphatic rings. The van der Waals surface area contributed by atoms with E-state index in [0.29, 0.717) is 37.5 Å². The van der Waals surface area contributed by atoms with E-state index < -0.39 is 0 Å². The topological polar surface area (TPSA) is 73.4 Å². The van der Waals surface area contributed by atoms with Crippen LogP contribution in [0.25, 0.3) is 0 Å². The van der Waals surface area contributed by atoms with Crippen LogP contribution >= 0.6 is 24.8 Å². The van der Waals surface area contributed by atoms with Gasteiger partial charge in [-0.25, -0.2) is 0 Å². The summed E-state index contributed by atoms with van der Waals surface area (Å²) in [6.45, 7) is 4.27. The number of morpholine rings is 1. The van der Waals surface area contributed by atoms with Crippen molar-refractivity contribution in [2.24, 2.45) is 0 Å². The highest BCUT2D eigenvalue weighted by Gasteiger charge is 2.26. The van der Waals surface area contributed by atoms with Gasteiger partial charge < -0.3 is 15.4 Å². The van der Waals surface area contributed by atoms with E-state index in [4.69, 9.17) is 10.5 Å². The lowest BCUT2D eigenvalue weighted by molar-refractivity contribution is -0.0300. The fourth-order valence-corrected chi connectivity index (χ4v) is 2.67. The van der Waals surface area contributed by atoms with Crippen LogP contribution < -0.4 is 5.73 Å². The maximum absolute atomic E-state index is 12.7. The average molecular weight is 373 g/mol. The summed E-state index contributed by atoms with van der Waals surface area (Å²) in [4.78, 5) is 14.5. The number of aromatic nitrogens is 2. The van der Waals surface area contributed by atoms with Crippen molar-refractivity contribution in [1.82, 2.24) is 14.7 Å². The lowest BCUT2D eigenvalue weighted by Crippen LogP contribution is -2.47. The molecule has 132 valence electrons. The van der Waals surface area contributed by atoms with Crippen LogP contribution in [0.3, 0.4) is 0 Å². The fraction of sp³-hybridized carbons (Fsp3) is 0.375. The van der Waals surface area contributed by atoms with Gasteiger partial charge in [-0.15, -0.1) is 24.8 Å². The largest absolute Gasteiger partial charge is 0.399 e. The first-order valence-electron chi connectivity index (χ1n) is 7.38. The van der Waals surface area contributed by atoms with Crippen LogP contribution in [-0.2, 0) is 11.3 Å². The molecule has 0 aliphatic carbocycles. The second kappa shape index (κ2) is 8.92. The predicted molar refractivity (Wildman–Crippen MR) is 98.0 cm³/mol. The zero-order valence-electron chi connectivity index (χ0n) is 13.4. The Balaban J connectivity index is 0.00000144. The molecule has 1 aromatic heterocycles. The molecule has 2 aromatic rings. The predicted octanol–water partition coefficient (Wildman–Crippen LogP) is 2.16. The average Bonchev–Trinajstić information content (AvgIpc) is 3.02. The number of nitrogens with two attached hydrogens (primary N) is 1. The van der Waals surface area contributed by atoms with Crippen molar-refractivity contribution in [3.8, 4) is 0 Å². The monoisotopic (exact) mass is 372 g/mol. The van der Waals surface area contributed by atoms with Crippen LogP contribution in [-0.4, -0.2) is 46.4 Å². The van der Waals surface area contributed by atoms with E-state index >= 15 is 0 Å². The molecule has 0 bridgehead atoms. The summed E-state index contributed by atoms with van der Waals surface area (Å²) in [7, 11) is 0. The number of benzene rings is 1. The molecule has 0 radical (unpaired) electrons. The molecule has 2 N–H and O–H groups in total. The first kappa shape index (κ1) is 20.3. The molecule has 3 rings (SSSR count). The summed E-state index contributed by atoms with van der Waals surface area (Å²) in [6.07, 6.45) is 3.59. The highest BCUT2D eigenvalue weighted by atomic mass is 35.5. The maximum atomic E-state index is 12.7. The Morgan fingerprint density at radius 2 is 2.21 bits per heavy atom. The Morgan fingerprint density at radius 1 is 1.42 bits per heavy atom. The molecule has 1 aliphatic heterocycles. The second-order valence-electron chi connectivity index (χ2n) is 5.55. The number of aryl methyl sites for hydroxylation is 1. The number of rotatable bonds is 3. The zero-order valence-corrected chi connectivity index (χ0v) is 15.1. The molecule has 1 atom stereocenters. The summed E-state index contributed by atoms with van der Waals surface area (Å²) in [5, 5.41) is 4.18. The van der Waals surface area contributed by atoms with E-state index in [1.807, 2.05) is 40.9 Å². The number of hydrogen-bond donors (Lipinski definition) is 1. The van der Waals surface area contributed by atoms with E-state index in [-0.39, 0.29) is 36.8 Å². The Hall–Kier alpha value is -1.76. The van der Waals surface area contributed by atoms with E-state index in [1.54, 1.807) is 12.3 Å². The SMILES string of the molecule is Cc1ccc(N)cc1C(=O)N1CCOC(Cn2cccn2)C1.Cl.Cl. The number of carbonyl (C=O) groups is 1. The van der Waals surface area contributed by atoms with Crippen molar-refractivity contribution in [1.29, 1.82) is 0 Å². The number of amides is 1. The molecule has 0 saturated carbocycles. The highest BCUT2D eigenvalue weighted by molar-refractivity contribution is 5.96. The fourth-order valence-electron chi connectivity index (χ4n) is 2.67. The summed E-state index contributed by atoms with van der Waals surface area (Å²) in [5.41, 5.74) is 8.02. The number of hydrogen-bond acceptors (Lipinski definition) is 4. The number of halogens is 2. The summed E-state index contributed by atoms with van der Waals surface area (Å²) < 4.78 is 7.57. The number of ether oxygens (including phenoxy) is 1. The van der Waals surface area contributed by atoms with Gasteiger partial charge in [-0.2, -0.15) is 5.10 Å². The normalized spacial score (nSPS) is 16.9. The minimum absolute atomic E-state index is 0. The molecule has 1 unspecified atom stereocenters. The lowest BCUT2D eigenvalue weighted by atomic mass is 10.1. The highest BCUT2D eigenvalue weighted by Crippen LogP contribution is 2.17. The van der Waals surface area contributed by atoms with Crippen LogP contribution in [0.4, 0.5) is 5.69 Å². The quantitative estimate of drug-likeness (QED) is 0.837. The summed E-state index contributed by atoms with van der Waals surface area (Å²) >= 11 is 0. The van der Waals surface area contributed by atoms with Crippen molar-refractivity contribution in [2.45, 2.75) is 19.6 Å². The summed E-state index contributed by atoms with van der Waals surface area (Å²) in [6, 6.07) is 7.31. The van der Waals surface area contributed by atoms with Gasteiger partial charge in [-0.3, -0.25) is 9.48 Å². The van der Waals surface area contributed by atoms with E-state index in [9.17, 15) is 4.79 Å². The molecule has 6 nitrogen and oxygen atoms in total. The van der Waals surface area contributed by atoms with Crippen molar-refractivity contribution in [2.75, 3.05) is 25.4 Å². The minimum atomic E-state index is -0.0426. The first-order chi connectivity index (χ1) is 10.6. The molecule has 8 heteroatoms. The Bertz CT molecular complexity index is 664. The molecule has 2 heterocycles. The van der Waals surface area contributed by atoms with Gasteiger partial charge in [0.25, 0.3) is 5.91 Å². The number of carbonyl (C=O) groups excluding carboxylic acids is 1. The molecule has 1 aromatic carbocycles. The van der Waals surface area contributed by atoms with Crippen molar-refractivity contribution < 1.29 is 9.53 Å². The third-order valence-electron chi connectivity index (χ3n) is 3.87. The van der Waals surface area contributed by atoms with Crippen molar-refractivity contribution >= 4 is 36.4 Å². The van der Waals surface area contributed by atoms with Gasteiger partial charge in [0, 0.05) is 36.7 Å². The maximum Gasteiger partial charge on any atom is 0.254 e. The van der Waals surface area contributed by atoms with Gasteiger partial charge in [0.05, 0.1) is 19.3 Å². The van der Waals surface area contributed by atoms with Crippen LogP contribution in [0.15, 0.2) is 36.7 Å². The molecule has 24 heavy (non-hydrogen) atoms. The molecule has 1 saturated heterocycles.